The zero-order chi connectivity index (χ0) is 10.1. The first-order valence-corrected chi connectivity index (χ1v) is 7.86. The quantitative estimate of drug-likeness (QED) is 0.461. The maximum absolute atomic E-state index is 9.07. The van der Waals surface area contributed by atoms with E-state index in [1.807, 2.05) is 6.07 Å². The lowest BCUT2D eigenvalue weighted by molar-refractivity contribution is 0.424. The Morgan fingerprint density at radius 2 is 2.29 bits per heavy atom. The van der Waals surface area contributed by atoms with Gasteiger partial charge >= 0.3 is 7.12 Å². The van der Waals surface area contributed by atoms with Crippen molar-refractivity contribution in [3.63, 3.8) is 0 Å². The van der Waals surface area contributed by atoms with Crippen molar-refractivity contribution in [3.8, 4) is 0 Å². The molecule has 0 bridgehead atoms. The third-order valence-electron chi connectivity index (χ3n) is 1.79. The molecular weight excluding hydrogens is 315 g/mol. The Kier molecular flexibility index (Phi) is 3.01. The molecule has 2 rings (SSSR count). The van der Waals surface area contributed by atoms with Gasteiger partial charge in [0.25, 0.3) is 0 Å². The van der Waals surface area contributed by atoms with Crippen molar-refractivity contribution in [1.29, 1.82) is 0 Å². The van der Waals surface area contributed by atoms with Gasteiger partial charge in [0.1, 0.15) is 11.1 Å². The fourth-order valence-electron chi connectivity index (χ4n) is 1.21. The van der Waals surface area contributed by atoms with Crippen LogP contribution >= 0.6 is 28.4 Å². The van der Waals surface area contributed by atoms with Crippen LogP contribution in [0.25, 0.3) is 11.0 Å². The molecule has 0 aliphatic carbocycles. The van der Waals surface area contributed by atoms with Crippen LogP contribution in [0.4, 0.5) is 0 Å². The third kappa shape index (κ3) is 1.65. The van der Waals surface area contributed by atoms with E-state index in [0.717, 1.165) is 5.52 Å². The first kappa shape index (κ1) is 10.3. The van der Waals surface area contributed by atoms with Gasteiger partial charge in [-0.25, -0.2) is 4.45 Å². The molecule has 2 N–H and O–H groups in total. The highest BCUT2D eigenvalue weighted by molar-refractivity contribution is 14.2. The van der Waals surface area contributed by atoms with Crippen LogP contribution in [0.3, 0.4) is 0 Å². The summed E-state index contributed by atoms with van der Waals surface area (Å²) in [6, 6.07) is 3.65. The maximum atomic E-state index is 9.07. The summed E-state index contributed by atoms with van der Waals surface area (Å²) >= 11 is 2.18. The summed E-state index contributed by atoms with van der Waals surface area (Å²) in [6.07, 6.45) is 2.02. The minimum atomic E-state index is -1.57. The Hall–Kier alpha value is -0.235. The highest BCUT2D eigenvalue weighted by Crippen LogP contribution is 2.26. The summed E-state index contributed by atoms with van der Waals surface area (Å²) in [5.41, 5.74) is 1.58. The molecule has 0 amide bonds. The Bertz CT molecular complexity index is 463. The van der Waals surface area contributed by atoms with Crippen LogP contribution in [0.1, 0.15) is 0 Å². The lowest BCUT2D eigenvalue weighted by Crippen LogP contribution is -2.32. The number of nitrogens with zero attached hydrogens (tertiary/aromatic N) is 3. The molecule has 5 nitrogen and oxygen atoms in total. The fraction of sp³-hybridized carbons (Fsp3) is 0. The first-order chi connectivity index (χ1) is 6.74. The Balaban J connectivity index is 2.73. The molecule has 2 heterocycles. The number of aromatic nitrogens is 3. The molecule has 0 fully saturated rings. The lowest BCUT2D eigenvalue weighted by Gasteiger charge is -1.93. The van der Waals surface area contributed by atoms with E-state index >= 15 is 0 Å². The van der Waals surface area contributed by atoms with E-state index in [-0.39, 0.29) is 5.59 Å². The van der Waals surface area contributed by atoms with Gasteiger partial charge < -0.3 is 10.0 Å². The monoisotopic (exact) mass is 321 g/mol. The van der Waals surface area contributed by atoms with Gasteiger partial charge in [-0.15, -0.1) is 0 Å². The molecule has 1 atom stereocenters. The average Bonchev–Trinajstić information content (AvgIpc) is 2.56. The minimum absolute atomic E-state index is 0.213. The lowest BCUT2D eigenvalue weighted by atomic mass is 9.85. The van der Waals surface area contributed by atoms with E-state index in [4.69, 9.17) is 10.0 Å². The van der Waals surface area contributed by atoms with E-state index in [2.05, 4.69) is 32.1 Å². The van der Waals surface area contributed by atoms with Crippen LogP contribution < -0.4 is 5.59 Å². The molecule has 0 saturated heterocycles. The van der Waals surface area contributed by atoms with Crippen molar-refractivity contribution in [2.75, 3.05) is 0 Å². The molecule has 0 radical (unpaired) electrons. The van der Waals surface area contributed by atoms with Crippen LogP contribution in [0, 0.1) is 0 Å². The zero-order valence-electron chi connectivity index (χ0n) is 6.92. The van der Waals surface area contributed by atoms with Crippen molar-refractivity contribution in [1.82, 2.24) is 14.5 Å². The van der Waals surface area contributed by atoms with E-state index in [1.165, 1.54) is 0 Å². The highest BCUT2D eigenvalue weighted by atomic mass is 127. The average molecular weight is 321 g/mol. The van der Waals surface area contributed by atoms with Crippen LogP contribution in [0.15, 0.2) is 18.3 Å². The van der Waals surface area contributed by atoms with Gasteiger partial charge in [-0.1, -0.05) is 0 Å². The van der Waals surface area contributed by atoms with Crippen LogP contribution in [0.5, 0.6) is 0 Å². The SMILES string of the molecule is OB(O)c1nn(PI)c2cccnc12. The van der Waals surface area contributed by atoms with Crippen molar-refractivity contribution in [3.05, 3.63) is 18.3 Å². The summed E-state index contributed by atoms with van der Waals surface area (Å²) in [5.74, 6) is 0. The summed E-state index contributed by atoms with van der Waals surface area (Å²) in [5, 5.41) is 22.2. The minimum Gasteiger partial charge on any atom is -0.422 e. The van der Waals surface area contributed by atoms with Gasteiger partial charge in [-0.05, 0) is 34.2 Å². The van der Waals surface area contributed by atoms with E-state index < -0.39 is 7.12 Å². The van der Waals surface area contributed by atoms with Crippen molar-refractivity contribution in [2.45, 2.75) is 0 Å². The predicted molar refractivity (Wildman–Crippen MR) is 65.1 cm³/mol. The van der Waals surface area contributed by atoms with Gasteiger partial charge in [0.05, 0.1) is 11.9 Å². The number of fused-ring (bicyclic) bond motifs is 1. The Labute approximate surface area is 95.0 Å². The third-order valence-corrected chi connectivity index (χ3v) is 3.66. The fourth-order valence-corrected chi connectivity index (χ4v) is 2.73. The summed E-state index contributed by atoms with van der Waals surface area (Å²) in [4.78, 5) is 4.07. The number of pyridine rings is 1. The van der Waals surface area contributed by atoms with E-state index in [9.17, 15) is 0 Å². The second-order valence-corrected chi connectivity index (χ2v) is 4.67. The zero-order valence-corrected chi connectivity index (χ0v) is 10.1. The molecule has 14 heavy (non-hydrogen) atoms. The van der Waals surface area contributed by atoms with Gasteiger partial charge in [0.2, 0.25) is 0 Å². The van der Waals surface area contributed by atoms with Gasteiger partial charge in [0, 0.05) is 6.20 Å². The van der Waals surface area contributed by atoms with Crippen molar-refractivity contribution >= 4 is 52.2 Å². The Morgan fingerprint density at radius 3 is 2.93 bits per heavy atom. The summed E-state index contributed by atoms with van der Waals surface area (Å²) < 4.78 is 1.71. The molecule has 72 valence electrons. The van der Waals surface area contributed by atoms with E-state index in [0.29, 0.717) is 11.9 Å². The molecule has 0 aliphatic rings. The molecule has 1 unspecified atom stereocenters. The predicted octanol–water partition coefficient (Wildman–Crippen LogP) is -0.0973. The van der Waals surface area contributed by atoms with Gasteiger partial charge in [-0.2, -0.15) is 5.10 Å². The Morgan fingerprint density at radius 1 is 1.50 bits per heavy atom. The number of rotatable bonds is 2. The topological polar surface area (TPSA) is 71.2 Å². The molecule has 8 heteroatoms. The first-order valence-electron chi connectivity index (χ1n) is 3.80. The second-order valence-electron chi connectivity index (χ2n) is 2.63. The smallest absolute Gasteiger partial charge is 0.422 e. The summed E-state index contributed by atoms with van der Waals surface area (Å²) in [6.45, 7) is 0. The molecule has 0 aromatic carbocycles. The molecular formula is C6H6BIN3O2P. The van der Waals surface area contributed by atoms with E-state index in [1.54, 1.807) is 16.7 Å². The normalized spacial score (nSPS) is 11.6. The van der Waals surface area contributed by atoms with Gasteiger partial charge in [-0.3, -0.25) is 4.98 Å². The summed E-state index contributed by atoms with van der Waals surface area (Å²) in [7, 11) is -1.57. The molecule has 0 saturated carbocycles. The van der Waals surface area contributed by atoms with Crippen molar-refractivity contribution < 1.29 is 10.0 Å². The number of hydrogen-bond donors (Lipinski definition) is 2. The largest absolute Gasteiger partial charge is 0.512 e. The number of hydrogen-bond acceptors (Lipinski definition) is 4. The second kappa shape index (κ2) is 4.10. The van der Waals surface area contributed by atoms with Crippen LogP contribution in [-0.4, -0.2) is 31.7 Å². The van der Waals surface area contributed by atoms with Crippen LogP contribution in [0.2, 0.25) is 0 Å². The molecule has 2 aromatic heterocycles. The molecule has 0 spiro atoms. The maximum Gasteiger partial charge on any atom is 0.512 e. The standard InChI is InChI=1S/C6H6BIN3O2P/c8-14-11-4-2-1-3-9-5(4)6(10-11)7(12)13/h1-3,12-14H. The van der Waals surface area contributed by atoms with Crippen molar-refractivity contribution in [2.24, 2.45) is 0 Å². The highest BCUT2D eigenvalue weighted by Gasteiger charge is 2.21. The molecule has 2 aromatic rings. The van der Waals surface area contributed by atoms with Gasteiger partial charge in [0.15, 0.2) is 0 Å². The van der Waals surface area contributed by atoms with Crippen LogP contribution in [-0.2, 0) is 0 Å². The molecule has 0 aliphatic heterocycles. The number of halogens is 1.